The van der Waals surface area contributed by atoms with Gasteiger partial charge in [0.05, 0.1) is 13.7 Å². The van der Waals surface area contributed by atoms with Crippen molar-refractivity contribution < 1.29 is 19.0 Å². The van der Waals surface area contributed by atoms with Gasteiger partial charge in [-0.1, -0.05) is 0 Å². The minimum absolute atomic E-state index is 0.285. The Balaban J connectivity index is 1.41. The molecule has 2 aliphatic rings. The van der Waals surface area contributed by atoms with Gasteiger partial charge in [0.25, 0.3) is 0 Å². The van der Waals surface area contributed by atoms with Gasteiger partial charge >= 0.3 is 0 Å². The maximum absolute atomic E-state index is 12.1. The lowest BCUT2D eigenvalue weighted by Crippen LogP contribution is -2.52. The first kappa shape index (κ1) is 20.0. The molecule has 6 heteroatoms. The zero-order valence-corrected chi connectivity index (χ0v) is 16.6. The topological polar surface area (TPSA) is 51.2 Å². The Morgan fingerprint density at radius 2 is 1.67 bits per heavy atom. The van der Waals surface area contributed by atoms with Gasteiger partial charge in [-0.3, -0.25) is 9.69 Å². The van der Waals surface area contributed by atoms with E-state index in [1.165, 1.54) is 0 Å². The van der Waals surface area contributed by atoms with E-state index in [0.29, 0.717) is 25.0 Å². The molecule has 0 unspecified atom stereocenters. The van der Waals surface area contributed by atoms with E-state index in [0.717, 1.165) is 63.5 Å². The van der Waals surface area contributed by atoms with Gasteiger partial charge in [-0.15, -0.1) is 0 Å². The molecule has 1 amide bonds. The lowest BCUT2D eigenvalue weighted by Gasteiger charge is -2.47. The summed E-state index contributed by atoms with van der Waals surface area (Å²) < 4.78 is 16.2. The van der Waals surface area contributed by atoms with Crippen LogP contribution in [0.15, 0.2) is 24.3 Å². The van der Waals surface area contributed by atoms with Gasteiger partial charge in [0.2, 0.25) is 5.91 Å². The number of nitrogens with zero attached hydrogens (tertiary/aromatic N) is 2. The Kier molecular flexibility index (Phi) is 6.96. The van der Waals surface area contributed by atoms with Crippen LogP contribution < -0.4 is 9.47 Å². The summed E-state index contributed by atoms with van der Waals surface area (Å²) in [6.45, 7) is 6.03. The van der Waals surface area contributed by atoms with Gasteiger partial charge in [-0.25, -0.2) is 0 Å². The van der Waals surface area contributed by atoms with Crippen molar-refractivity contribution in [3.05, 3.63) is 24.3 Å². The van der Waals surface area contributed by atoms with Crippen molar-refractivity contribution in [1.82, 2.24) is 9.80 Å². The van der Waals surface area contributed by atoms with Crippen LogP contribution in [0.3, 0.4) is 0 Å². The number of methoxy groups -OCH3 is 2. The number of amides is 1. The van der Waals surface area contributed by atoms with Crippen LogP contribution in [0.5, 0.6) is 11.5 Å². The van der Waals surface area contributed by atoms with Crippen LogP contribution in [0.25, 0.3) is 0 Å². The van der Waals surface area contributed by atoms with Crippen LogP contribution in [-0.2, 0) is 9.53 Å². The second-order valence-electron chi connectivity index (χ2n) is 7.67. The molecule has 2 fully saturated rings. The van der Waals surface area contributed by atoms with Crippen molar-refractivity contribution in [1.29, 1.82) is 0 Å². The average Bonchev–Trinajstić information content (AvgIpc) is 2.71. The fourth-order valence-corrected chi connectivity index (χ4v) is 4.13. The molecule has 2 heterocycles. The van der Waals surface area contributed by atoms with Crippen LogP contribution in [0.1, 0.15) is 25.7 Å². The van der Waals surface area contributed by atoms with E-state index >= 15 is 0 Å². The highest BCUT2D eigenvalue weighted by Crippen LogP contribution is 2.40. The molecule has 0 saturated carbocycles. The summed E-state index contributed by atoms with van der Waals surface area (Å²) in [7, 11) is 3.36. The fourth-order valence-electron chi connectivity index (χ4n) is 4.13. The zero-order valence-electron chi connectivity index (χ0n) is 16.6. The lowest BCUT2D eigenvalue weighted by molar-refractivity contribution is -0.139. The number of hydrogen-bond donors (Lipinski definition) is 0. The van der Waals surface area contributed by atoms with Gasteiger partial charge in [0.1, 0.15) is 18.1 Å². The molecule has 1 aromatic rings. The van der Waals surface area contributed by atoms with Crippen molar-refractivity contribution in [2.24, 2.45) is 5.41 Å². The molecule has 0 atom stereocenters. The summed E-state index contributed by atoms with van der Waals surface area (Å²) in [5.41, 5.74) is 0.301. The van der Waals surface area contributed by atoms with Gasteiger partial charge in [-0.2, -0.15) is 0 Å². The highest BCUT2D eigenvalue weighted by molar-refractivity contribution is 5.77. The highest BCUT2D eigenvalue weighted by Gasteiger charge is 2.40. The van der Waals surface area contributed by atoms with E-state index in [1.807, 2.05) is 29.2 Å². The van der Waals surface area contributed by atoms with E-state index < -0.39 is 0 Å². The Labute approximate surface area is 162 Å². The standard InChI is InChI=1S/C21H32N2O4/c1-25-15-14-23-17-21(8-7-20(23)24)9-11-22(12-10-21)13-16-27-19-5-3-18(26-2)4-6-19/h3-6H,7-17H2,1-2H3. The third-order valence-corrected chi connectivity index (χ3v) is 5.97. The predicted molar refractivity (Wildman–Crippen MR) is 104 cm³/mol. The quantitative estimate of drug-likeness (QED) is 0.697. The van der Waals surface area contributed by atoms with Crippen molar-refractivity contribution in [2.75, 3.05) is 60.2 Å². The van der Waals surface area contributed by atoms with Gasteiger partial charge in [-0.05, 0) is 62.0 Å². The molecule has 0 bridgehead atoms. The molecular weight excluding hydrogens is 344 g/mol. The molecule has 2 saturated heterocycles. The average molecular weight is 376 g/mol. The minimum atomic E-state index is 0.285. The van der Waals surface area contributed by atoms with Crippen LogP contribution in [0, 0.1) is 5.41 Å². The number of carbonyl (C=O) groups is 1. The van der Waals surface area contributed by atoms with Gasteiger partial charge in [0.15, 0.2) is 0 Å². The van der Waals surface area contributed by atoms with Crippen LogP contribution in [0.2, 0.25) is 0 Å². The van der Waals surface area contributed by atoms with Crippen molar-refractivity contribution in [3.63, 3.8) is 0 Å². The summed E-state index contributed by atoms with van der Waals surface area (Å²) >= 11 is 0. The largest absolute Gasteiger partial charge is 0.497 e. The zero-order chi connectivity index (χ0) is 19.1. The lowest BCUT2D eigenvalue weighted by atomic mass is 9.72. The number of carbonyl (C=O) groups excluding carboxylic acids is 1. The maximum Gasteiger partial charge on any atom is 0.222 e. The molecule has 0 aliphatic carbocycles. The number of piperidine rings is 2. The van der Waals surface area contributed by atoms with Crippen molar-refractivity contribution in [3.8, 4) is 11.5 Å². The molecule has 150 valence electrons. The summed E-state index contributed by atoms with van der Waals surface area (Å²) in [4.78, 5) is 16.6. The third-order valence-electron chi connectivity index (χ3n) is 5.97. The van der Waals surface area contributed by atoms with Crippen LogP contribution in [-0.4, -0.2) is 75.9 Å². The highest BCUT2D eigenvalue weighted by atomic mass is 16.5. The van der Waals surface area contributed by atoms with Crippen molar-refractivity contribution in [2.45, 2.75) is 25.7 Å². The minimum Gasteiger partial charge on any atom is -0.497 e. The molecule has 1 spiro atoms. The SMILES string of the molecule is COCCN1CC2(CCC1=O)CCN(CCOc1ccc(OC)cc1)CC2. The molecule has 0 aromatic heterocycles. The second-order valence-corrected chi connectivity index (χ2v) is 7.67. The first-order chi connectivity index (χ1) is 13.1. The molecular formula is C21H32N2O4. The van der Waals surface area contributed by atoms with Gasteiger partial charge < -0.3 is 19.1 Å². The maximum atomic E-state index is 12.1. The molecule has 1 aromatic carbocycles. The first-order valence-electron chi connectivity index (χ1n) is 9.90. The van der Waals surface area contributed by atoms with E-state index in [1.54, 1.807) is 14.2 Å². The number of rotatable bonds is 8. The molecule has 2 aliphatic heterocycles. The number of benzene rings is 1. The summed E-state index contributed by atoms with van der Waals surface area (Å²) in [6.07, 6.45) is 4.04. The Morgan fingerprint density at radius 3 is 2.33 bits per heavy atom. The van der Waals surface area contributed by atoms with Gasteiger partial charge in [0, 0.05) is 33.2 Å². The normalized spacial score (nSPS) is 20.1. The van der Waals surface area contributed by atoms with E-state index in [-0.39, 0.29) is 5.91 Å². The monoisotopic (exact) mass is 376 g/mol. The van der Waals surface area contributed by atoms with Crippen molar-refractivity contribution >= 4 is 5.91 Å². The summed E-state index contributed by atoms with van der Waals surface area (Å²) in [6, 6.07) is 7.72. The van der Waals surface area contributed by atoms with E-state index in [2.05, 4.69) is 4.90 Å². The molecule has 3 rings (SSSR count). The third kappa shape index (κ3) is 5.36. The predicted octanol–water partition coefficient (Wildman–Crippen LogP) is 2.42. The molecule has 0 radical (unpaired) electrons. The molecule has 0 N–H and O–H groups in total. The number of hydrogen-bond acceptors (Lipinski definition) is 5. The second kappa shape index (κ2) is 9.42. The van der Waals surface area contributed by atoms with E-state index in [9.17, 15) is 4.79 Å². The molecule has 6 nitrogen and oxygen atoms in total. The first-order valence-corrected chi connectivity index (χ1v) is 9.90. The smallest absolute Gasteiger partial charge is 0.222 e. The Morgan fingerprint density at radius 1 is 0.963 bits per heavy atom. The Bertz CT molecular complexity index is 597. The fraction of sp³-hybridized carbons (Fsp3) is 0.667. The van der Waals surface area contributed by atoms with Crippen LogP contribution >= 0.6 is 0 Å². The molecule has 27 heavy (non-hydrogen) atoms. The van der Waals surface area contributed by atoms with E-state index in [4.69, 9.17) is 14.2 Å². The number of ether oxygens (including phenoxy) is 3. The summed E-state index contributed by atoms with van der Waals surface area (Å²) in [5, 5.41) is 0. The van der Waals surface area contributed by atoms with Crippen LogP contribution in [0.4, 0.5) is 0 Å². The Hall–Kier alpha value is -1.79. The number of likely N-dealkylation sites (tertiary alicyclic amines) is 2. The summed E-state index contributed by atoms with van der Waals surface area (Å²) in [5.74, 6) is 2.01.